The first kappa shape index (κ1) is 24.4. The van der Waals surface area contributed by atoms with Crippen molar-refractivity contribution in [3.63, 3.8) is 0 Å². The SMILES string of the molecule is CC(N)c1nc2c(-c3ccc(S(=O)(=O)N[C@@H]4CCNC4)c(S(N)(=O)=O)c3-c3nn[nH]n3)cccc2[nH]1. The van der Waals surface area contributed by atoms with Gasteiger partial charge in [-0.05, 0) is 42.8 Å². The highest BCUT2D eigenvalue weighted by atomic mass is 32.2. The number of imidazole rings is 1. The molecule has 0 amide bonds. The normalized spacial score (nSPS) is 17.6. The summed E-state index contributed by atoms with van der Waals surface area (Å²) < 4.78 is 55.2. The van der Waals surface area contributed by atoms with Gasteiger partial charge < -0.3 is 16.0 Å². The molecular formula is C20H24N10O4S2. The van der Waals surface area contributed by atoms with Gasteiger partial charge in [0.05, 0.1) is 22.6 Å². The van der Waals surface area contributed by atoms with E-state index in [1.165, 1.54) is 12.1 Å². The molecule has 0 bridgehead atoms. The van der Waals surface area contributed by atoms with Gasteiger partial charge in [-0.3, -0.25) is 0 Å². The predicted octanol–water partition coefficient (Wildman–Crippen LogP) is -0.283. The number of aromatic amines is 2. The highest BCUT2D eigenvalue weighted by Gasteiger charge is 2.34. The van der Waals surface area contributed by atoms with Crippen LogP contribution >= 0.6 is 0 Å². The molecule has 0 spiro atoms. The molecule has 16 heteroatoms. The molecule has 1 fully saturated rings. The van der Waals surface area contributed by atoms with Crippen LogP contribution in [0.3, 0.4) is 0 Å². The second-order valence-electron chi connectivity index (χ2n) is 8.52. The number of nitrogens with zero attached hydrogens (tertiary/aromatic N) is 4. The van der Waals surface area contributed by atoms with Crippen LogP contribution in [-0.4, -0.2) is 66.6 Å². The largest absolute Gasteiger partial charge is 0.341 e. The Bertz CT molecular complexity index is 1640. The summed E-state index contributed by atoms with van der Waals surface area (Å²) in [6.07, 6.45) is 0.558. The van der Waals surface area contributed by atoms with Gasteiger partial charge in [0.25, 0.3) is 0 Å². The van der Waals surface area contributed by atoms with Gasteiger partial charge in [0, 0.05) is 18.2 Å². The highest BCUT2D eigenvalue weighted by Crippen LogP contribution is 2.40. The highest BCUT2D eigenvalue weighted by molar-refractivity contribution is 7.92. The fraction of sp³-hybridized carbons (Fsp3) is 0.300. The smallest absolute Gasteiger partial charge is 0.242 e. The summed E-state index contributed by atoms with van der Waals surface area (Å²) in [5.74, 6) is 0.382. The van der Waals surface area contributed by atoms with Crippen LogP contribution in [-0.2, 0) is 20.0 Å². The van der Waals surface area contributed by atoms with Crippen molar-refractivity contribution in [3.05, 3.63) is 36.2 Å². The van der Waals surface area contributed by atoms with E-state index >= 15 is 0 Å². The summed E-state index contributed by atoms with van der Waals surface area (Å²) in [5.41, 5.74) is 7.83. The Labute approximate surface area is 206 Å². The molecule has 1 aliphatic heterocycles. The molecule has 3 heterocycles. The zero-order valence-corrected chi connectivity index (χ0v) is 20.7. The van der Waals surface area contributed by atoms with Gasteiger partial charge >= 0.3 is 0 Å². The van der Waals surface area contributed by atoms with Gasteiger partial charge in [-0.15, -0.1) is 10.2 Å². The van der Waals surface area contributed by atoms with E-state index in [2.05, 4.69) is 40.6 Å². The number of sulfonamides is 2. The van der Waals surface area contributed by atoms with Crippen LogP contribution in [0.2, 0.25) is 0 Å². The summed E-state index contributed by atoms with van der Waals surface area (Å²) in [6.45, 7) is 2.83. The van der Waals surface area contributed by atoms with E-state index in [4.69, 9.17) is 10.9 Å². The predicted molar refractivity (Wildman–Crippen MR) is 130 cm³/mol. The maximum atomic E-state index is 13.4. The number of hydrogen-bond donors (Lipinski definition) is 6. The molecule has 0 radical (unpaired) electrons. The third kappa shape index (κ3) is 4.38. The van der Waals surface area contributed by atoms with Crippen molar-refractivity contribution in [2.45, 2.75) is 35.2 Å². The molecule has 4 aromatic rings. The standard InChI is InChI=1S/C20H24N10O4S2/c1-10(21)19-24-14-4-2-3-13(17(14)25-19)12-5-6-15(36(33,34)28-11-7-8-23-9-11)18(35(22,31)32)16(12)20-26-29-30-27-20/h2-6,10-11,23,28H,7-9,21H2,1H3,(H,24,25)(H2,22,31,32)(H,26,27,29,30)/t10?,11-/m1/s1. The summed E-state index contributed by atoms with van der Waals surface area (Å²) in [4.78, 5) is 6.57. The first-order valence-corrected chi connectivity index (χ1v) is 14.0. The van der Waals surface area contributed by atoms with Gasteiger partial charge in [0.1, 0.15) is 15.6 Å². The van der Waals surface area contributed by atoms with Crippen LogP contribution < -0.4 is 20.9 Å². The first-order valence-electron chi connectivity index (χ1n) is 11.0. The minimum absolute atomic E-state index is 0.114. The van der Waals surface area contributed by atoms with Gasteiger partial charge in [0.15, 0.2) is 0 Å². The number of rotatable bonds is 7. The average Bonchev–Trinajstić information content (AvgIpc) is 3.58. The fourth-order valence-corrected chi connectivity index (χ4v) is 7.17. The molecule has 1 unspecified atom stereocenters. The molecule has 36 heavy (non-hydrogen) atoms. The molecule has 190 valence electrons. The molecule has 0 saturated carbocycles. The lowest BCUT2D eigenvalue weighted by Crippen LogP contribution is -2.37. The summed E-state index contributed by atoms with van der Waals surface area (Å²) >= 11 is 0. The van der Waals surface area contributed by atoms with Crippen molar-refractivity contribution < 1.29 is 16.8 Å². The molecule has 2 aromatic carbocycles. The molecule has 2 atom stereocenters. The van der Waals surface area contributed by atoms with E-state index in [1.807, 2.05) is 0 Å². The van der Waals surface area contributed by atoms with E-state index < -0.39 is 35.9 Å². The Balaban J connectivity index is 1.82. The van der Waals surface area contributed by atoms with Crippen molar-refractivity contribution in [3.8, 4) is 22.5 Å². The molecule has 14 nitrogen and oxygen atoms in total. The molecular weight excluding hydrogens is 508 g/mol. The van der Waals surface area contributed by atoms with Gasteiger partial charge in [-0.2, -0.15) is 5.21 Å². The van der Waals surface area contributed by atoms with E-state index in [9.17, 15) is 16.8 Å². The minimum Gasteiger partial charge on any atom is -0.341 e. The van der Waals surface area contributed by atoms with Crippen molar-refractivity contribution in [2.24, 2.45) is 10.9 Å². The number of nitrogens with one attached hydrogen (secondary N) is 4. The lowest BCUT2D eigenvalue weighted by molar-refractivity contribution is 0.555. The topological polar surface area (TPSA) is 228 Å². The van der Waals surface area contributed by atoms with E-state index in [0.717, 1.165) is 0 Å². The van der Waals surface area contributed by atoms with Crippen molar-refractivity contribution in [1.82, 2.24) is 40.6 Å². The van der Waals surface area contributed by atoms with E-state index in [0.29, 0.717) is 47.5 Å². The number of nitrogens with two attached hydrogens (primary N) is 2. The Morgan fingerprint density at radius 2 is 1.94 bits per heavy atom. The number of tetrazole rings is 1. The number of aromatic nitrogens is 6. The zero-order valence-electron chi connectivity index (χ0n) is 19.1. The third-order valence-corrected chi connectivity index (χ3v) is 8.58. The third-order valence-electron chi connectivity index (χ3n) is 5.90. The van der Waals surface area contributed by atoms with Crippen LogP contribution in [0.25, 0.3) is 33.5 Å². The number of H-pyrrole nitrogens is 2. The Morgan fingerprint density at radius 3 is 2.58 bits per heavy atom. The minimum atomic E-state index is -4.60. The Morgan fingerprint density at radius 1 is 1.14 bits per heavy atom. The summed E-state index contributed by atoms with van der Waals surface area (Å²) in [7, 11) is -8.90. The average molecular weight is 533 g/mol. The van der Waals surface area contributed by atoms with Gasteiger partial charge in [0.2, 0.25) is 25.9 Å². The van der Waals surface area contributed by atoms with Gasteiger partial charge in [-0.1, -0.05) is 18.2 Å². The maximum absolute atomic E-state index is 13.4. The van der Waals surface area contributed by atoms with Crippen LogP contribution in [0, 0.1) is 0 Å². The second kappa shape index (κ2) is 8.99. The monoisotopic (exact) mass is 532 g/mol. The van der Waals surface area contributed by atoms with Crippen molar-refractivity contribution >= 4 is 31.1 Å². The van der Waals surface area contributed by atoms with Crippen LogP contribution in [0.5, 0.6) is 0 Å². The molecule has 5 rings (SSSR count). The summed E-state index contributed by atoms with van der Waals surface area (Å²) in [5, 5.41) is 22.4. The Hall–Kier alpha value is -3.28. The molecule has 2 aromatic heterocycles. The van der Waals surface area contributed by atoms with Crippen molar-refractivity contribution in [1.29, 1.82) is 0 Å². The quantitative estimate of drug-likeness (QED) is 0.182. The van der Waals surface area contributed by atoms with Crippen LogP contribution in [0.1, 0.15) is 25.2 Å². The van der Waals surface area contributed by atoms with Gasteiger partial charge in [-0.25, -0.2) is 31.7 Å². The molecule has 1 aliphatic rings. The number of primary sulfonamides is 1. The second-order valence-corrected chi connectivity index (χ2v) is 11.7. The van der Waals surface area contributed by atoms with E-state index in [1.54, 1.807) is 25.1 Å². The Kier molecular flexibility index (Phi) is 6.09. The zero-order chi connectivity index (χ0) is 25.7. The molecule has 8 N–H and O–H groups in total. The number of benzene rings is 2. The van der Waals surface area contributed by atoms with Crippen molar-refractivity contribution in [2.75, 3.05) is 13.1 Å². The van der Waals surface area contributed by atoms with Crippen LogP contribution in [0.15, 0.2) is 40.1 Å². The van der Waals surface area contributed by atoms with Crippen LogP contribution in [0.4, 0.5) is 0 Å². The lowest BCUT2D eigenvalue weighted by Gasteiger charge is -2.18. The first-order chi connectivity index (χ1) is 17.1. The lowest BCUT2D eigenvalue weighted by atomic mass is 9.98. The number of fused-ring (bicyclic) bond motifs is 1. The van der Waals surface area contributed by atoms with E-state index in [-0.39, 0.29) is 17.4 Å². The summed E-state index contributed by atoms with van der Waals surface area (Å²) in [6, 6.07) is 7.17. The molecule has 0 aliphatic carbocycles. The number of para-hydroxylation sites is 1. The molecule has 1 saturated heterocycles. The maximum Gasteiger partial charge on any atom is 0.242 e. The fourth-order valence-electron chi connectivity index (χ4n) is 4.29. The number of hydrogen-bond acceptors (Lipinski definition) is 10.